The van der Waals surface area contributed by atoms with Crippen molar-refractivity contribution in [3.05, 3.63) is 35.4 Å². The van der Waals surface area contributed by atoms with E-state index in [1.165, 1.54) is 0 Å². The van der Waals surface area contributed by atoms with Gasteiger partial charge in [0.2, 0.25) is 0 Å². The van der Waals surface area contributed by atoms with Gasteiger partial charge in [-0.05, 0) is 17.7 Å². The third-order valence-electron chi connectivity index (χ3n) is 1.82. The zero-order valence-corrected chi connectivity index (χ0v) is 7.45. The molecule has 1 amide bonds. The molecule has 1 aromatic rings. The SMILES string of the molecule is NC(=O)C(O)c1ccc(C(F)(F)F)cc1. The quantitative estimate of drug-likeness (QED) is 0.785. The number of benzene rings is 1. The molecule has 0 spiro atoms. The molecule has 0 bridgehead atoms. The third kappa shape index (κ3) is 2.69. The van der Waals surface area contributed by atoms with Gasteiger partial charge in [-0.2, -0.15) is 13.2 Å². The molecule has 0 aromatic heterocycles. The van der Waals surface area contributed by atoms with E-state index in [-0.39, 0.29) is 5.56 Å². The number of alkyl halides is 3. The van der Waals surface area contributed by atoms with E-state index >= 15 is 0 Å². The summed E-state index contributed by atoms with van der Waals surface area (Å²) in [6.45, 7) is 0. The molecule has 0 saturated heterocycles. The molecule has 0 heterocycles. The van der Waals surface area contributed by atoms with Crippen molar-refractivity contribution in [3.8, 4) is 0 Å². The Morgan fingerprint density at radius 3 is 2.07 bits per heavy atom. The van der Waals surface area contributed by atoms with Crippen LogP contribution in [0, 0.1) is 0 Å². The van der Waals surface area contributed by atoms with Gasteiger partial charge in [-0.25, -0.2) is 0 Å². The van der Waals surface area contributed by atoms with E-state index in [9.17, 15) is 18.0 Å². The molecule has 0 radical (unpaired) electrons. The van der Waals surface area contributed by atoms with Crippen molar-refractivity contribution in [3.63, 3.8) is 0 Å². The number of hydrogen-bond donors (Lipinski definition) is 2. The first kappa shape index (κ1) is 11.5. The Labute approximate surface area is 83.3 Å². The monoisotopic (exact) mass is 219 g/mol. The molecule has 1 atom stereocenters. The van der Waals surface area contributed by atoms with Gasteiger partial charge in [0.05, 0.1) is 5.56 Å². The first-order chi connectivity index (χ1) is 6.82. The molecule has 3 nitrogen and oxygen atoms in total. The molecule has 82 valence electrons. The number of aliphatic hydroxyl groups is 1. The van der Waals surface area contributed by atoms with Crippen LogP contribution >= 0.6 is 0 Å². The minimum atomic E-state index is -4.43. The maximum Gasteiger partial charge on any atom is 0.416 e. The van der Waals surface area contributed by atoms with Crippen molar-refractivity contribution in [1.82, 2.24) is 0 Å². The summed E-state index contributed by atoms with van der Waals surface area (Å²) in [5, 5.41) is 9.14. The lowest BCUT2D eigenvalue weighted by atomic mass is 10.1. The number of rotatable bonds is 2. The number of carbonyl (C=O) groups excluding carboxylic acids is 1. The van der Waals surface area contributed by atoms with E-state index < -0.39 is 23.8 Å². The van der Waals surface area contributed by atoms with Crippen molar-refractivity contribution in [1.29, 1.82) is 0 Å². The number of aliphatic hydroxyl groups excluding tert-OH is 1. The van der Waals surface area contributed by atoms with Crippen LogP contribution in [-0.4, -0.2) is 11.0 Å². The summed E-state index contributed by atoms with van der Waals surface area (Å²) in [7, 11) is 0. The molecule has 1 unspecified atom stereocenters. The Bertz CT molecular complexity index is 359. The number of amides is 1. The number of carbonyl (C=O) groups is 1. The molecular formula is C9H8F3NO2. The standard InChI is InChI=1S/C9H8F3NO2/c10-9(11,12)6-3-1-5(2-4-6)7(14)8(13)15/h1-4,7,14H,(H2,13,15). The van der Waals surface area contributed by atoms with Crippen LogP contribution in [0.3, 0.4) is 0 Å². The Morgan fingerprint density at radius 1 is 1.27 bits per heavy atom. The molecule has 0 aliphatic heterocycles. The second-order valence-corrected chi connectivity index (χ2v) is 2.92. The summed E-state index contributed by atoms with van der Waals surface area (Å²) in [5.41, 5.74) is 3.97. The van der Waals surface area contributed by atoms with Gasteiger partial charge in [-0.3, -0.25) is 4.79 Å². The van der Waals surface area contributed by atoms with Crippen molar-refractivity contribution in [2.75, 3.05) is 0 Å². The highest BCUT2D eigenvalue weighted by Crippen LogP contribution is 2.29. The summed E-state index contributed by atoms with van der Waals surface area (Å²) < 4.78 is 36.4. The largest absolute Gasteiger partial charge is 0.416 e. The van der Waals surface area contributed by atoms with Gasteiger partial charge in [0.1, 0.15) is 0 Å². The Kier molecular flexibility index (Phi) is 2.99. The predicted octanol–water partition coefficient (Wildman–Crippen LogP) is 1.22. The number of primary amides is 1. The molecule has 15 heavy (non-hydrogen) atoms. The summed E-state index contributed by atoms with van der Waals surface area (Å²) in [5.74, 6) is -1.00. The maximum atomic E-state index is 12.1. The lowest BCUT2D eigenvalue weighted by Crippen LogP contribution is -2.20. The van der Waals surface area contributed by atoms with Gasteiger partial charge >= 0.3 is 6.18 Å². The highest BCUT2D eigenvalue weighted by Gasteiger charge is 2.30. The van der Waals surface area contributed by atoms with E-state index in [1.54, 1.807) is 0 Å². The highest BCUT2D eigenvalue weighted by molar-refractivity contribution is 5.80. The van der Waals surface area contributed by atoms with E-state index in [1.807, 2.05) is 0 Å². The van der Waals surface area contributed by atoms with Crippen LogP contribution < -0.4 is 5.73 Å². The van der Waals surface area contributed by atoms with Crippen molar-refractivity contribution in [2.45, 2.75) is 12.3 Å². The fourth-order valence-corrected chi connectivity index (χ4v) is 1.02. The van der Waals surface area contributed by atoms with Gasteiger partial charge in [-0.1, -0.05) is 12.1 Å². The number of nitrogens with two attached hydrogens (primary N) is 1. The zero-order valence-electron chi connectivity index (χ0n) is 7.45. The fourth-order valence-electron chi connectivity index (χ4n) is 1.02. The molecule has 3 N–H and O–H groups in total. The summed E-state index contributed by atoms with van der Waals surface area (Å²) >= 11 is 0. The summed E-state index contributed by atoms with van der Waals surface area (Å²) in [6, 6.07) is 3.58. The predicted molar refractivity (Wildman–Crippen MR) is 45.6 cm³/mol. The van der Waals surface area contributed by atoms with Gasteiger partial charge < -0.3 is 10.8 Å². The van der Waals surface area contributed by atoms with Crippen LogP contribution in [0.1, 0.15) is 17.2 Å². The van der Waals surface area contributed by atoms with Gasteiger partial charge in [0.15, 0.2) is 6.10 Å². The minimum absolute atomic E-state index is 0.0375. The average Bonchev–Trinajstić information content (AvgIpc) is 2.15. The molecule has 1 aromatic carbocycles. The number of hydrogen-bond acceptors (Lipinski definition) is 2. The molecule has 0 saturated carbocycles. The molecule has 0 aliphatic rings. The minimum Gasteiger partial charge on any atom is -0.378 e. The van der Waals surface area contributed by atoms with Crippen molar-refractivity contribution < 1.29 is 23.1 Å². The Hall–Kier alpha value is -1.56. The van der Waals surface area contributed by atoms with Crippen LogP contribution in [0.25, 0.3) is 0 Å². The second kappa shape index (κ2) is 3.90. The lowest BCUT2D eigenvalue weighted by Gasteiger charge is -2.09. The molecular weight excluding hydrogens is 211 g/mol. The Balaban J connectivity index is 2.95. The first-order valence-corrected chi connectivity index (χ1v) is 3.97. The molecule has 6 heteroatoms. The van der Waals surface area contributed by atoms with Crippen LogP contribution in [0.2, 0.25) is 0 Å². The normalized spacial score (nSPS) is 13.6. The van der Waals surface area contributed by atoms with Crippen LogP contribution in [-0.2, 0) is 11.0 Å². The number of halogens is 3. The molecule has 1 rings (SSSR count). The smallest absolute Gasteiger partial charge is 0.378 e. The Morgan fingerprint density at radius 2 is 1.73 bits per heavy atom. The molecule has 0 fully saturated rings. The van der Waals surface area contributed by atoms with Crippen LogP contribution in [0.15, 0.2) is 24.3 Å². The van der Waals surface area contributed by atoms with Gasteiger partial charge in [0, 0.05) is 0 Å². The maximum absolute atomic E-state index is 12.1. The fraction of sp³-hybridized carbons (Fsp3) is 0.222. The summed E-state index contributed by atoms with van der Waals surface area (Å²) in [6.07, 6.45) is -6.01. The average molecular weight is 219 g/mol. The first-order valence-electron chi connectivity index (χ1n) is 3.97. The van der Waals surface area contributed by atoms with Gasteiger partial charge in [0.25, 0.3) is 5.91 Å². The van der Waals surface area contributed by atoms with E-state index in [4.69, 9.17) is 10.8 Å². The van der Waals surface area contributed by atoms with Crippen LogP contribution in [0.5, 0.6) is 0 Å². The van der Waals surface area contributed by atoms with Crippen LogP contribution in [0.4, 0.5) is 13.2 Å². The lowest BCUT2D eigenvalue weighted by molar-refractivity contribution is -0.137. The second-order valence-electron chi connectivity index (χ2n) is 2.92. The van der Waals surface area contributed by atoms with Gasteiger partial charge in [-0.15, -0.1) is 0 Å². The van der Waals surface area contributed by atoms with E-state index in [0.717, 1.165) is 24.3 Å². The third-order valence-corrected chi connectivity index (χ3v) is 1.82. The van der Waals surface area contributed by atoms with Crippen molar-refractivity contribution >= 4 is 5.91 Å². The molecule has 0 aliphatic carbocycles. The zero-order chi connectivity index (χ0) is 11.6. The van der Waals surface area contributed by atoms with Crippen molar-refractivity contribution in [2.24, 2.45) is 5.73 Å². The summed E-state index contributed by atoms with van der Waals surface area (Å²) in [4.78, 5) is 10.5. The van der Waals surface area contributed by atoms with E-state index in [2.05, 4.69) is 0 Å². The topological polar surface area (TPSA) is 63.3 Å². The van der Waals surface area contributed by atoms with E-state index in [0.29, 0.717) is 0 Å². The highest BCUT2D eigenvalue weighted by atomic mass is 19.4.